The minimum Gasteiger partial charge on any atom is -0.462 e. The average molecular weight is 637 g/mol. The second-order valence-electron chi connectivity index (χ2n) is 10.7. The minimum atomic E-state index is -1.25. The van der Waals surface area contributed by atoms with E-state index < -0.39 is 30.0 Å². The quantitative estimate of drug-likeness (QED) is 0.164. The number of piperazine rings is 1. The number of hydrogen-bond donors (Lipinski definition) is 3. The number of nitrogens with zero attached hydrogens (tertiary/aromatic N) is 3. The fraction of sp³-hybridized carbons (Fsp3) is 0.257. The lowest BCUT2D eigenvalue weighted by Gasteiger charge is -2.27. The topological polar surface area (TPSA) is 152 Å². The molecule has 0 aliphatic carbocycles. The Kier molecular flexibility index (Phi) is 11.2. The molecule has 1 aromatic heterocycles. The first-order valence-electron chi connectivity index (χ1n) is 15.4. The molecule has 3 aromatic carbocycles. The van der Waals surface area contributed by atoms with E-state index in [1.54, 1.807) is 31.2 Å². The molecule has 4 aromatic rings. The fourth-order valence-corrected chi connectivity index (χ4v) is 4.88. The second-order valence-corrected chi connectivity index (χ2v) is 10.7. The highest BCUT2D eigenvalue weighted by Crippen LogP contribution is 2.19. The van der Waals surface area contributed by atoms with Crippen LogP contribution in [0.25, 0.3) is 11.4 Å². The lowest BCUT2D eigenvalue weighted by atomic mass is 10.0. The molecule has 0 spiro atoms. The number of benzene rings is 3. The van der Waals surface area contributed by atoms with Crippen LogP contribution in [0.15, 0.2) is 91.0 Å². The summed E-state index contributed by atoms with van der Waals surface area (Å²) in [4.78, 5) is 62.7. The Labute approximate surface area is 272 Å². The van der Waals surface area contributed by atoms with Crippen molar-refractivity contribution in [2.45, 2.75) is 25.9 Å². The second kappa shape index (κ2) is 16.1. The highest BCUT2D eigenvalue weighted by atomic mass is 16.6. The molecule has 5 rings (SSSR count). The van der Waals surface area contributed by atoms with Crippen LogP contribution in [0.1, 0.15) is 38.9 Å². The summed E-state index contributed by atoms with van der Waals surface area (Å²) in [5.41, 5.74) is 2.69. The molecule has 1 unspecified atom stereocenters. The Balaban J connectivity index is 1.39. The van der Waals surface area contributed by atoms with E-state index in [-0.39, 0.29) is 18.7 Å². The van der Waals surface area contributed by atoms with Crippen molar-refractivity contribution in [2.24, 2.45) is 0 Å². The zero-order valence-corrected chi connectivity index (χ0v) is 26.0. The maximum atomic E-state index is 13.8. The number of rotatable bonds is 11. The van der Waals surface area contributed by atoms with Crippen LogP contribution in [-0.2, 0) is 27.2 Å². The van der Waals surface area contributed by atoms with Gasteiger partial charge in [-0.1, -0.05) is 72.8 Å². The van der Waals surface area contributed by atoms with E-state index in [0.717, 1.165) is 5.56 Å². The molecule has 1 fully saturated rings. The summed E-state index contributed by atoms with van der Waals surface area (Å²) < 4.78 is 10.3. The first kappa shape index (κ1) is 32.8. The van der Waals surface area contributed by atoms with Gasteiger partial charge in [-0.15, -0.1) is 0 Å². The van der Waals surface area contributed by atoms with Gasteiger partial charge in [-0.05, 0) is 30.2 Å². The van der Waals surface area contributed by atoms with Crippen LogP contribution in [0, 0.1) is 0 Å². The molecular weight excluding hydrogens is 600 g/mol. The van der Waals surface area contributed by atoms with Gasteiger partial charge in [-0.2, -0.15) is 0 Å². The van der Waals surface area contributed by atoms with E-state index >= 15 is 0 Å². The largest absolute Gasteiger partial charge is 0.462 e. The van der Waals surface area contributed by atoms with Crippen LogP contribution in [0.2, 0.25) is 0 Å². The van der Waals surface area contributed by atoms with Gasteiger partial charge in [0.1, 0.15) is 17.6 Å². The van der Waals surface area contributed by atoms with Gasteiger partial charge in [-0.3, -0.25) is 4.79 Å². The van der Waals surface area contributed by atoms with Crippen LogP contribution in [-0.4, -0.2) is 77.6 Å². The predicted octanol–water partition coefficient (Wildman–Crippen LogP) is 3.84. The fourth-order valence-electron chi connectivity index (χ4n) is 4.88. The summed E-state index contributed by atoms with van der Waals surface area (Å²) in [6.07, 6.45) is -0.799. The van der Waals surface area contributed by atoms with Gasteiger partial charge in [0.05, 0.1) is 12.2 Å². The van der Waals surface area contributed by atoms with Crippen molar-refractivity contribution in [2.75, 3.05) is 38.1 Å². The Morgan fingerprint density at radius 1 is 0.872 bits per heavy atom. The molecule has 1 aliphatic heterocycles. The van der Waals surface area contributed by atoms with Gasteiger partial charge in [-0.25, -0.2) is 24.4 Å². The van der Waals surface area contributed by atoms with Crippen LogP contribution in [0.4, 0.5) is 10.6 Å². The first-order valence-corrected chi connectivity index (χ1v) is 15.4. The molecule has 2 amide bonds. The molecular formula is C35H36N6O6. The molecule has 0 radical (unpaired) electrons. The molecule has 1 atom stereocenters. The van der Waals surface area contributed by atoms with Gasteiger partial charge in [0, 0.05) is 50.8 Å². The number of hydrogen-bond acceptors (Lipinski definition) is 10. The number of aromatic nitrogens is 2. The molecule has 12 nitrogen and oxygen atoms in total. The van der Waals surface area contributed by atoms with Crippen molar-refractivity contribution in [3.63, 3.8) is 0 Å². The van der Waals surface area contributed by atoms with E-state index in [0.29, 0.717) is 61.1 Å². The Morgan fingerprint density at radius 2 is 1.55 bits per heavy atom. The zero-order valence-electron chi connectivity index (χ0n) is 26.0. The summed E-state index contributed by atoms with van der Waals surface area (Å²) in [6.45, 7) is 4.34. The molecule has 242 valence electrons. The molecule has 12 heteroatoms. The molecule has 47 heavy (non-hydrogen) atoms. The van der Waals surface area contributed by atoms with E-state index in [1.807, 2.05) is 60.7 Å². The van der Waals surface area contributed by atoms with E-state index in [4.69, 9.17) is 9.47 Å². The molecule has 0 saturated carbocycles. The number of amides is 2. The highest BCUT2D eigenvalue weighted by molar-refractivity contribution is 5.97. The Hall–Kier alpha value is -5.62. The van der Waals surface area contributed by atoms with Crippen molar-refractivity contribution in [1.29, 1.82) is 0 Å². The normalized spacial score (nSPS) is 13.3. The maximum absolute atomic E-state index is 13.8. The van der Waals surface area contributed by atoms with Crippen molar-refractivity contribution < 1.29 is 28.7 Å². The number of ether oxygens (including phenoxy) is 2. The summed E-state index contributed by atoms with van der Waals surface area (Å²) in [6, 6.07) is 25.7. The molecule has 1 saturated heterocycles. The Bertz CT molecular complexity index is 1680. The summed E-state index contributed by atoms with van der Waals surface area (Å²) in [5, 5.41) is 9.11. The zero-order chi connectivity index (χ0) is 33.0. The number of carbonyl (C=O) groups excluding carboxylic acids is 4. The number of nitrogens with one attached hydrogen (secondary N) is 3. The minimum absolute atomic E-state index is 0.0123. The third-order valence-corrected chi connectivity index (χ3v) is 7.37. The SMILES string of the molecule is CCOC(=O)c1ccc(CC(NC(=O)c2cc(NCc3ccccc3)nc(-c3ccccc3)n2)C(=O)OC(=O)N2CCNCC2)cc1. The summed E-state index contributed by atoms with van der Waals surface area (Å²) in [7, 11) is 0. The predicted molar refractivity (Wildman–Crippen MR) is 175 cm³/mol. The van der Waals surface area contributed by atoms with Crippen molar-refractivity contribution >= 4 is 29.8 Å². The first-order chi connectivity index (χ1) is 22.9. The van der Waals surface area contributed by atoms with E-state index in [1.165, 1.54) is 11.0 Å². The third-order valence-electron chi connectivity index (χ3n) is 7.37. The number of anilines is 1. The van der Waals surface area contributed by atoms with Crippen LogP contribution < -0.4 is 16.0 Å². The number of esters is 2. The third kappa shape index (κ3) is 9.21. The van der Waals surface area contributed by atoms with E-state index in [2.05, 4.69) is 25.9 Å². The van der Waals surface area contributed by atoms with Gasteiger partial charge in [0.15, 0.2) is 5.82 Å². The van der Waals surface area contributed by atoms with Crippen molar-refractivity contribution in [3.8, 4) is 11.4 Å². The van der Waals surface area contributed by atoms with Gasteiger partial charge < -0.3 is 30.3 Å². The van der Waals surface area contributed by atoms with Crippen LogP contribution >= 0.6 is 0 Å². The molecule has 0 bridgehead atoms. The average Bonchev–Trinajstić information content (AvgIpc) is 3.11. The smallest absolute Gasteiger partial charge is 0.417 e. The standard InChI is InChI=1S/C35H36N6O6/c1-2-46-33(43)27-15-13-24(14-16-27)21-29(34(44)47-35(45)41-19-17-36-18-20-41)39-32(42)28-22-30(37-23-25-9-5-3-6-10-25)40-31(38-28)26-11-7-4-8-12-26/h3-16,22,29,36H,2,17-21,23H2,1H3,(H,39,42)(H,37,38,40). The molecule has 1 aliphatic rings. The molecule has 2 heterocycles. The van der Waals surface area contributed by atoms with Gasteiger partial charge >= 0.3 is 18.0 Å². The lowest BCUT2D eigenvalue weighted by Crippen LogP contribution is -2.49. The van der Waals surface area contributed by atoms with Crippen LogP contribution in [0.5, 0.6) is 0 Å². The van der Waals surface area contributed by atoms with Crippen LogP contribution in [0.3, 0.4) is 0 Å². The van der Waals surface area contributed by atoms with Gasteiger partial charge in [0.25, 0.3) is 5.91 Å². The highest BCUT2D eigenvalue weighted by Gasteiger charge is 2.29. The summed E-state index contributed by atoms with van der Waals surface area (Å²) >= 11 is 0. The Morgan fingerprint density at radius 3 is 2.23 bits per heavy atom. The maximum Gasteiger partial charge on any atom is 0.417 e. The lowest BCUT2D eigenvalue weighted by molar-refractivity contribution is -0.140. The number of carbonyl (C=O) groups is 4. The van der Waals surface area contributed by atoms with Gasteiger partial charge in [0.2, 0.25) is 0 Å². The molecule has 3 N–H and O–H groups in total. The van der Waals surface area contributed by atoms with Crippen molar-refractivity contribution in [3.05, 3.63) is 113 Å². The summed E-state index contributed by atoms with van der Waals surface area (Å²) in [5.74, 6) is -1.32. The van der Waals surface area contributed by atoms with E-state index in [9.17, 15) is 19.2 Å². The monoisotopic (exact) mass is 636 g/mol. The van der Waals surface area contributed by atoms with Crippen molar-refractivity contribution in [1.82, 2.24) is 25.5 Å².